The standard InChI is InChI=1S/C17H24N2O4/c1-16(2,3)23-15(22)19-10-4-7-17(12-19,14(20)21)11-13-5-8-18-9-6-13/h5-6,8-9H,4,7,10-12H2,1-3H3,(H,20,21)/t17-/m0/s1. The fourth-order valence-electron chi connectivity index (χ4n) is 2.90. The summed E-state index contributed by atoms with van der Waals surface area (Å²) in [6.07, 6.45) is 4.43. The van der Waals surface area contributed by atoms with Crippen LogP contribution in [0.1, 0.15) is 39.2 Å². The fraction of sp³-hybridized carbons (Fsp3) is 0.588. The number of aliphatic carboxylic acids is 1. The molecule has 1 aromatic rings. The number of carboxylic acid groups (broad SMARTS) is 1. The Balaban J connectivity index is 2.17. The molecule has 1 atom stereocenters. The second-order valence-electron chi connectivity index (χ2n) is 7.12. The van der Waals surface area contributed by atoms with Crippen LogP contribution in [0.15, 0.2) is 24.5 Å². The van der Waals surface area contributed by atoms with E-state index in [2.05, 4.69) is 4.98 Å². The van der Waals surface area contributed by atoms with Crippen molar-refractivity contribution < 1.29 is 19.4 Å². The van der Waals surface area contributed by atoms with Crippen molar-refractivity contribution in [3.8, 4) is 0 Å². The zero-order chi connectivity index (χ0) is 17.1. The van der Waals surface area contributed by atoms with E-state index in [1.54, 1.807) is 33.2 Å². The van der Waals surface area contributed by atoms with Gasteiger partial charge in [0.25, 0.3) is 0 Å². The molecule has 1 fully saturated rings. The van der Waals surface area contributed by atoms with Crippen molar-refractivity contribution in [3.63, 3.8) is 0 Å². The number of carbonyl (C=O) groups excluding carboxylic acids is 1. The summed E-state index contributed by atoms with van der Waals surface area (Å²) in [5, 5.41) is 9.79. The molecular formula is C17H24N2O4. The molecule has 1 aliphatic heterocycles. The molecule has 0 unspecified atom stereocenters. The van der Waals surface area contributed by atoms with Crippen molar-refractivity contribution in [2.24, 2.45) is 5.41 Å². The molecule has 0 aliphatic carbocycles. The molecule has 2 rings (SSSR count). The lowest BCUT2D eigenvalue weighted by atomic mass is 9.75. The molecular weight excluding hydrogens is 296 g/mol. The third-order valence-corrected chi connectivity index (χ3v) is 3.97. The first-order valence-corrected chi connectivity index (χ1v) is 7.82. The monoisotopic (exact) mass is 320 g/mol. The molecule has 2 heterocycles. The van der Waals surface area contributed by atoms with Crippen LogP contribution in [0.3, 0.4) is 0 Å². The SMILES string of the molecule is CC(C)(C)OC(=O)N1CCC[C@@](Cc2ccncc2)(C(=O)O)C1. The average Bonchev–Trinajstić information content (AvgIpc) is 2.46. The zero-order valence-corrected chi connectivity index (χ0v) is 13.9. The first-order valence-electron chi connectivity index (χ1n) is 7.82. The van der Waals surface area contributed by atoms with E-state index < -0.39 is 23.1 Å². The van der Waals surface area contributed by atoms with Crippen LogP contribution in [-0.2, 0) is 16.0 Å². The molecule has 0 aromatic carbocycles. The van der Waals surface area contributed by atoms with Crippen LogP contribution in [0.2, 0.25) is 0 Å². The van der Waals surface area contributed by atoms with E-state index in [0.29, 0.717) is 25.8 Å². The number of nitrogens with zero attached hydrogens (tertiary/aromatic N) is 2. The van der Waals surface area contributed by atoms with E-state index in [1.165, 1.54) is 4.90 Å². The number of ether oxygens (including phenoxy) is 1. The normalized spacial score (nSPS) is 21.8. The van der Waals surface area contributed by atoms with Gasteiger partial charge in [-0.2, -0.15) is 0 Å². The number of aromatic nitrogens is 1. The van der Waals surface area contributed by atoms with Gasteiger partial charge in [-0.3, -0.25) is 9.78 Å². The Hall–Kier alpha value is -2.11. The van der Waals surface area contributed by atoms with Gasteiger partial charge in [-0.1, -0.05) is 0 Å². The van der Waals surface area contributed by atoms with Gasteiger partial charge in [-0.15, -0.1) is 0 Å². The van der Waals surface area contributed by atoms with Crippen LogP contribution in [0.4, 0.5) is 4.79 Å². The molecule has 1 aliphatic rings. The molecule has 126 valence electrons. The molecule has 0 bridgehead atoms. The van der Waals surface area contributed by atoms with E-state index in [9.17, 15) is 14.7 Å². The molecule has 1 amide bonds. The number of amides is 1. The van der Waals surface area contributed by atoms with Crippen LogP contribution in [0.25, 0.3) is 0 Å². The summed E-state index contributed by atoms with van der Waals surface area (Å²) in [7, 11) is 0. The van der Waals surface area contributed by atoms with Crippen molar-refractivity contribution in [3.05, 3.63) is 30.1 Å². The van der Waals surface area contributed by atoms with Crippen molar-refractivity contribution in [1.29, 1.82) is 0 Å². The molecule has 1 aromatic heterocycles. The van der Waals surface area contributed by atoms with Crippen LogP contribution >= 0.6 is 0 Å². The van der Waals surface area contributed by atoms with Gasteiger partial charge in [0.1, 0.15) is 5.60 Å². The van der Waals surface area contributed by atoms with Gasteiger partial charge in [0, 0.05) is 25.5 Å². The Bertz CT molecular complexity index is 568. The second-order valence-corrected chi connectivity index (χ2v) is 7.12. The lowest BCUT2D eigenvalue weighted by molar-refractivity contribution is -0.152. The van der Waals surface area contributed by atoms with Crippen molar-refractivity contribution in [2.45, 2.75) is 45.6 Å². The molecule has 0 spiro atoms. The Morgan fingerprint density at radius 3 is 2.57 bits per heavy atom. The summed E-state index contributed by atoms with van der Waals surface area (Å²) in [6.45, 7) is 6.10. The summed E-state index contributed by atoms with van der Waals surface area (Å²) < 4.78 is 5.38. The highest BCUT2D eigenvalue weighted by molar-refractivity contribution is 5.77. The van der Waals surface area contributed by atoms with E-state index >= 15 is 0 Å². The summed E-state index contributed by atoms with van der Waals surface area (Å²) in [5.41, 5.74) is -0.657. The first-order chi connectivity index (χ1) is 10.7. The maximum Gasteiger partial charge on any atom is 0.410 e. The van der Waals surface area contributed by atoms with Gasteiger partial charge in [-0.05, 0) is 57.7 Å². The number of carbonyl (C=O) groups is 2. The van der Waals surface area contributed by atoms with E-state index in [4.69, 9.17) is 4.74 Å². The number of likely N-dealkylation sites (tertiary alicyclic amines) is 1. The molecule has 1 N–H and O–H groups in total. The molecule has 0 saturated carbocycles. The highest BCUT2D eigenvalue weighted by atomic mass is 16.6. The summed E-state index contributed by atoms with van der Waals surface area (Å²) in [5.74, 6) is -0.873. The Morgan fingerprint density at radius 2 is 2.00 bits per heavy atom. The summed E-state index contributed by atoms with van der Waals surface area (Å²) in [4.78, 5) is 29.7. The predicted octanol–water partition coefficient (Wildman–Crippen LogP) is 2.73. The molecule has 1 saturated heterocycles. The number of rotatable bonds is 3. The van der Waals surface area contributed by atoms with Gasteiger partial charge in [-0.25, -0.2) is 4.79 Å². The third kappa shape index (κ3) is 4.43. The number of hydrogen-bond donors (Lipinski definition) is 1. The topological polar surface area (TPSA) is 79.7 Å². The van der Waals surface area contributed by atoms with Gasteiger partial charge >= 0.3 is 12.1 Å². The largest absolute Gasteiger partial charge is 0.481 e. The van der Waals surface area contributed by atoms with Crippen LogP contribution in [0, 0.1) is 5.41 Å². The number of carboxylic acids is 1. The maximum atomic E-state index is 12.3. The van der Waals surface area contributed by atoms with Crippen LogP contribution < -0.4 is 0 Å². The lowest BCUT2D eigenvalue weighted by Gasteiger charge is -2.40. The van der Waals surface area contributed by atoms with E-state index in [1.807, 2.05) is 12.1 Å². The molecule has 23 heavy (non-hydrogen) atoms. The highest BCUT2D eigenvalue weighted by Gasteiger charge is 2.44. The maximum absolute atomic E-state index is 12.3. The van der Waals surface area contributed by atoms with Crippen LogP contribution in [0.5, 0.6) is 0 Å². The number of piperidine rings is 1. The average molecular weight is 320 g/mol. The van der Waals surface area contributed by atoms with E-state index in [-0.39, 0.29) is 6.54 Å². The zero-order valence-electron chi connectivity index (χ0n) is 13.9. The van der Waals surface area contributed by atoms with Gasteiger partial charge in [0.2, 0.25) is 0 Å². The quantitative estimate of drug-likeness (QED) is 0.926. The molecule has 6 heteroatoms. The molecule has 6 nitrogen and oxygen atoms in total. The fourth-order valence-corrected chi connectivity index (χ4v) is 2.90. The Morgan fingerprint density at radius 1 is 1.35 bits per heavy atom. The lowest BCUT2D eigenvalue weighted by Crippen LogP contribution is -2.52. The predicted molar refractivity (Wildman–Crippen MR) is 85.1 cm³/mol. The highest BCUT2D eigenvalue weighted by Crippen LogP contribution is 2.34. The first kappa shape index (κ1) is 17.2. The van der Waals surface area contributed by atoms with Gasteiger partial charge in [0.05, 0.1) is 5.41 Å². The summed E-state index contributed by atoms with van der Waals surface area (Å²) in [6, 6.07) is 3.63. The second kappa shape index (κ2) is 6.56. The Kier molecular flexibility index (Phi) is 4.92. The van der Waals surface area contributed by atoms with Gasteiger partial charge in [0.15, 0.2) is 0 Å². The minimum absolute atomic E-state index is 0.166. The van der Waals surface area contributed by atoms with Crippen molar-refractivity contribution >= 4 is 12.1 Å². The minimum atomic E-state index is -0.976. The smallest absolute Gasteiger partial charge is 0.410 e. The third-order valence-electron chi connectivity index (χ3n) is 3.97. The summed E-state index contributed by atoms with van der Waals surface area (Å²) >= 11 is 0. The van der Waals surface area contributed by atoms with Crippen molar-refractivity contribution in [2.75, 3.05) is 13.1 Å². The molecule has 0 radical (unpaired) electrons. The Labute approximate surface area is 136 Å². The van der Waals surface area contributed by atoms with Crippen LogP contribution in [-0.4, -0.2) is 45.7 Å². The number of hydrogen-bond acceptors (Lipinski definition) is 4. The van der Waals surface area contributed by atoms with Crippen molar-refractivity contribution in [1.82, 2.24) is 9.88 Å². The minimum Gasteiger partial charge on any atom is -0.481 e. The van der Waals surface area contributed by atoms with E-state index in [0.717, 1.165) is 5.56 Å². The number of pyridine rings is 1. The van der Waals surface area contributed by atoms with Gasteiger partial charge < -0.3 is 14.7 Å².